The highest BCUT2D eigenvalue weighted by molar-refractivity contribution is 7.07. The first kappa shape index (κ1) is 29.8. The van der Waals surface area contributed by atoms with Gasteiger partial charge in [-0.05, 0) is 74.7 Å². The van der Waals surface area contributed by atoms with Crippen molar-refractivity contribution in [1.29, 1.82) is 0 Å². The van der Waals surface area contributed by atoms with Crippen molar-refractivity contribution < 1.29 is 23.7 Å². The van der Waals surface area contributed by atoms with Crippen molar-refractivity contribution >= 4 is 23.4 Å². The Labute approximate surface area is 254 Å². The molecule has 0 spiro atoms. The van der Waals surface area contributed by atoms with Gasteiger partial charge in [-0.2, -0.15) is 0 Å². The number of rotatable bonds is 11. The Bertz CT molecular complexity index is 1820. The Balaban J connectivity index is 1.58. The summed E-state index contributed by atoms with van der Waals surface area (Å²) in [5.74, 6) is 1.31. The molecule has 8 nitrogen and oxygen atoms in total. The lowest BCUT2D eigenvalue weighted by molar-refractivity contribution is -0.139. The van der Waals surface area contributed by atoms with Gasteiger partial charge in [-0.3, -0.25) is 9.36 Å². The minimum Gasteiger partial charge on any atom is -0.490 e. The molecular weight excluding hydrogens is 564 g/mol. The summed E-state index contributed by atoms with van der Waals surface area (Å²) >= 11 is 1.27. The van der Waals surface area contributed by atoms with E-state index >= 15 is 0 Å². The van der Waals surface area contributed by atoms with Crippen molar-refractivity contribution in [2.24, 2.45) is 4.99 Å². The number of hydrogen-bond donors (Lipinski definition) is 0. The maximum atomic E-state index is 14.0. The zero-order chi connectivity index (χ0) is 30.3. The molecule has 1 aliphatic rings. The zero-order valence-electron chi connectivity index (χ0n) is 24.7. The predicted molar refractivity (Wildman–Crippen MR) is 166 cm³/mol. The van der Waals surface area contributed by atoms with Gasteiger partial charge in [0, 0.05) is 0 Å². The summed E-state index contributed by atoms with van der Waals surface area (Å²) in [5.41, 5.74) is 3.12. The van der Waals surface area contributed by atoms with E-state index in [4.69, 9.17) is 18.9 Å². The quantitative estimate of drug-likeness (QED) is 0.221. The molecule has 1 unspecified atom stereocenters. The van der Waals surface area contributed by atoms with E-state index in [2.05, 4.69) is 4.99 Å². The number of nitrogens with zero attached hydrogens (tertiary/aromatic N) is 2. The van der Waals surface area contributed by atoms with Crippen LogP contribution in [-0.2, 0) is 16.1 Å². The highest BCUT2D eigenvalue weighted by atomic mass is 32.1. The molecular formula is C34H34N2O6S. The molecule has 1 aliphatic heterocycles. The fourth-order valence-electron chi connectivity index (χ4n) is 4.93. The van der Waals surface area contributed by atoms with E-state index in [1.165, 1.54) is 11.3 Å². The van der Waals surface area contributed by atoms with E-state index in [9.17, 15) is 9.59 Å². The van der Waals surface area contributed by atoms with Crippen LogP contribution in [0.4, 0.5) is 0 Å². The standard InChI is InChI=1S/C34H34N2O6S/c1-5-39-27-17-16-25(20-28(27)40-6-2)31-30(33(38)41-7-3)22(4)35-34-36(31)32(37)29(43-34)19-24-14-11-15-26(18-24)42-21-23-12-9-8-10-13-23/h8-20,31H,5-7,21H2,1-4H3/b29-19-. The first-order valence-electron chi connectivity index (χ1n) is 14.3. The molecule has 5 rings (SSSR count). The third kappa shape index (κ3) is 6.57. The molecule has 1 atom stereocenters. The molecule has 0 amide bonds. The first-order chi connectivity index (χ1) is 20.9. The summed E-state index contributed by atoms with van der Waals surface area (Å²) in [4.78, 5) is 32.5. The Kier molecular flexibility index (Phi) is 9.41. The Morgan fingerprint density at radius 2 is 1.67 bits per heavy atom. The van der Waals surface area contributed by atoms with Crippen LogP contribution >= 0.6 is 11.3 Å². The number of carbonyl (C=O) groups is 1. The molecule has 0 N–H and O–H groups in total. The van der Waals surface area contributed by atoms with Gasteiger partial charge in [0.1, 0.15) is 12.4 Å². The Morgan fingerprint density at radius 3 is 2.42 bits per heavy atom. The fraction of sp³-hybridized carbons (Fsp3) is 0.265. The van der Waals surface area contributed by atoms with Crippen LogP contribution in [0.5, 0.6) is 17.2 Å². The largest absolute Gasteiger partial charge is 0.490 e. The van der Waals surface area contributed by atoms with E-state index in [-0.39, 0.29) is 12.2 Å². The second kappa shape index (κ2) is 13.6. The van der Waals surface area contributed by atoms with E-state index in [0.717, 1.165) is 11.1 Å². The average Bonchev–Trinajstić information content (AvgIpc) is 3.31. The Hall–Kier alpha value is -4.63. The van der Waals surface area contributed by atoms with Crippen LogP contribution in [0.3, 0.4) is 0 Å². The molecule has 0 fully saturated rings. The van der Waals surface area contributed by atoms with Crippen molar-refractivity contribution in [1.82, 2.24) is 4.57 Å². The maximum Gasteiger partial charge on any atom is 0.338 e. The van der Waals surface area contributed by atoms with Crippen molar-refractivity contribution in [3.05, 3.63) is 120 Å². The minimum atomic E-state index is -0.757. The number of carbonyl (C=O) groups excluding carboxylic acids is 1. The van der Waals surface area contributed by atoms with Gasteiger partial charge in [-0.25, -0.2) is 9.79 Å². The van der Waals surface area contributed by atoms with E-state index < -0.39 is 12.0 Å². The van der Waals surface area contributed by atoms with Crippen LogP contribution in [0.15, 0.2) is 93.9 Å². The van der Waals surface area contributed by atoms with Gasteiger partial charge in [-0.1, -0.05) is 59.9 Å². The van der Waals surface area contributed by atoms with Gasteiger partial charge in [0.25, 0.3) is 5.56 Å². The highest BCUT2D eigenvalue weighted by Crippen LogP contribution is 2.36. The second-order valence-electron chi connectivity index (χ2n) is 9.72. The van der Waals surface area contributed by atoms with Crippen molar-refractivity contribution in [2.75, 3.05) is 19.8 Å². The molecule has 0 saturated heterocycles. The monoisotopic (exact) mass is 598 g/mol. The molecule has 0 aliphatic carbocycles. The molecule has 2 heterocycles. The number of benzene rings is 3. The summed E-state index contributed by atoms with van der Waals surface area (Å²) < 4.78 is 25.1. The summed E-state index contributed by atoms with van der Waals surface area (Å²) in [7, 11) is 0. The molecule has 0 bridgehead atoms. The molecule has 3 aromatic carbocycles. The number of ether oxygens (including phenoxy) is 4. The number of aromatic nitrogens is 1. The van der Waals surface area contributed by atoms with Gasteiger partial charge in [0.15, 0.2) is 16.3 Å². The number of allylic oxidation sites excluding steroid dienone is 1. The van der Waals surface area contributed by atoms with Crippen LogP contribution in [-0.4, -0.2) is 30.4 Å². The smallest absolute Gasteiger partial charge is 0.338 e. The maximum absolute atomic E-state index is 14.0. The number of hydrogen-bond acceptors (Lipinski definition) is 8. The first-order valence-corrected chi connectivity index (χ1v) is 15.1. The van der Waals surface area contributed by atoms with Gasteiger partial charge in [-0.15, -0.1) is 0 Å². The van der Waals surface area contributed by atoms with Gasteiger partial charge >= 0.3 is 5.97 Å². The van der Waals surface area contributed by atoms with Crippen molar-refractivity contribution in [2.45, 2.75) is 40.3 Å². The van der Waals surface area contributed by atoms with E-state index in [0.29, 0.717) is 63.2 Å². The summed E-state index contributed by atoms with van der Waals surface area (Å²) in [6.07, 6.45) is 1.82. The molecule has 1 aromatic heterocycles. The molecule has 0 saturated carbocycles. The molecule has 0 radical (unpaired) electrons. The molecule has 222 valence electrons. The topological polar surface area (TPSA) is 88.4 Å². The SMILES string of the molecule is CCOC(=O)C1=C(C)N=c2s/c(=C\c3cccc(OCc4ccccc4)c3)c(=O)n2C1c1ccc(OCC)c(OCC)c1. The van der Waals surface area contributed by atoms with Crippen LogP contribution in [0.2, 0.25) is 0 Å². The third-order valence-electron chi connectivity index (χ3n) is 6.80. The van der Waals surface area contributed by atoms with Crippen molar-refractivity contribution in [3.8, 4) is 17.2 Å². The number of esters is 1. The molecule has 43 heavy (non-hydrogen) atoms. The predicted octanol–water partition coefficient (Wildman–Crippen LogP) is 5.17. The second-order valence-corrected chi connectivity index (χ2v) is 10.7. The van der Waals surface area contributed by atoms with E-state index in [1.807, 2.05) is 86.7 Å². The lowest BCUT2D eigenvalue weighted by atomic mass is 9.95. The molecule has 4 aromatic rings. The number of fused-ring (bicyclic) bond motifs is 1. The average molecular weight is 599 g/mol. The van der Waals surface area contributed by atoms with Crippen LogP contribution < -0.4 is 29.1 Å². The lowest BCUT2D eigenvalue weighted by Gasteiger charge is -2.25. The van der Waals surface area contributed by atoms with Gasteiger partial charge in [0.2, 0.25) is 0 Å². The lowest BCUT2D eigenvalue weighted by Crippen LogP contribution is -2.40. The minimum absolute atomic E-state index is 0.197. The number of thiazole rings is 1. The van der Waals surface area contributed by atoms with Crippen molar-refractivity contribution in [3.63, 3.8) is 0 Å². The van der Waals surface area contributed by atoms with Crippen LogP contribution in [0.25, 0.3) is 6.08 Å². The van der Waals surface area contributed by atoms with E-state index in [1.54, 1.807) is 24.5 Å². The normalized spacial score (nSPS) is 14.6. The van der Waals surface area contributed by atoms with Gasteiger partial charge in [0.05, 0.1) is 41.7 Å². The Morgan fingerprint density at radius 1 is 0.907 bits per heavy atom. The third-order valence-corrected chi connectivity index (χ3v) is 7.79. The summed E-state index contributed by atoms with van der Waals surface area (Å²) in [6.45, 7) is 8.85. The molecule has 9 heteroatoms. The zero-order valence-corrected chi connectivity index (χ0v) is 25.5. The van der Waals surface area contributed by atoms with Crippen LogP contribution in [0, 0.1) is 0 Å². The van der Waals surface area contributed by atoms with Crippen LogP contribution in [0.1, 0.15) is 50.4 Å². The highest BCUT2D eigenvalue weighted by Gasteiger charge is 2.34. The fourth-order valence-corrected chi connectivity index (χ4v) is 5.98. The van der Waals surface area contributed by atoms with Gasteiger partial charge < -0.3 is 18.9 Å². The summed E-state index contributed by atoms with van der Waals surface area (Å²) in [5, 5.41) is 0. The summed E-state index contributed by atoms with van der Waals surface area (Å²) in [6, 6.07) is 22.2.